The van der Waals surface area contributed by atoms with Gasteiger partial charge in [-0.25, -0.2) is 8.42 Å². The van der Waals surface area contributed by atoms with Gasteiger partial charge in [0.1, 0.15) is 0 Å². The third-order valence-corrected chi connectivity index (χ3v) is 4.22. The summed E-state index contributed by atoms with van der Waals surface area (Å²) in [7, 11) is -0.995. The number of rotatable bonds is 3. The Balaban J connectivity index is 3.45. The predicted molar refractivity (Wildman–Crippen MR) is 62.3 cm³/mol. The van der Waals surface area contributed by atoms with Gasteiger partial charge in [0.25, 0.3) is 10.0 Å². The molecule has 6 heteroatoms. The molecule has 0 unspecified atom stereocenters. The predicted octanol–water partition coefficient (Wildman–Crippen LogP) is 1.07. The fourth-order valence-electron chi connectivity index (χ4n) is 1.36. The van der Waals surface area contributed by atoms with Gasteiger partial charge in [-0.05, 0) is 37.1 Å². The summed E-state index contributed by atoms with van der Waals surface area (Å²) >= 11 is 0. The lowest BCUT2D eigenvalue weighted by atomic mass is 10.1. The number of hydrogen-bond acceptors (Lipinski definition) is 4. The minimum atomic E-state index is -3.63. The number of nitrogens with zero attached hydrogens (tertiary/aromatic N) is 1. The first-order valence-electron chi connectivity index (χ1n) is 4.70. The second kappa shape index (κ2) is 4.40. The Labute approximate surface area is 95.8 Å². The molecule has 0 saturated carbocycles. The molecule has 0 atom stereocenters. The quantitative estimate of drug-likeness (QED) is 0.637. The van der Waals surface area contributed by atoms with E-state index in [2.05, 4.69) is 0 Å². The lowest BCUT2D eigenvalue weighted by molar-refractivity contribution is -0.0258. The zero-order valence-electron chi connectivity index (χ0n) is 9.81. The number of hydrogen-bond donors (Lipinski definition) is 1. The summed E-state index contributed by atoms with van der Waals surface area (Å²) in [5, 5.41) is 0. The van der Waals surface area contributed by atoms with Crippen LogP contribution in [0.3, 0.4) is 0 Å². The summed E-state index contributed by atoms with van der Waals surface area (Å²) in [6.45, 7) is 3.47. The van der Waals surface area contributed by atoms with Crippen LogP contribution in [-0.4, -0.2) is 27.0 Å². The van der Waals surface area contributed by atoms with Crippen molar-refractivity contribution in [1.82, 2.24) is 4.47 Å². The lowest BCUT2D eigenvalue weighted by Crippen LogP contribution is -2.26. The van der Waals surface area contributed by atoms with Gasteiger partial charge >= 0.3 is 0 Å². The van der Waals surface area contributed by atoms with Crippen LogP contribution in [0.15, 0.2) is 17.0 Å². The van der Waals surface area contributed by atoms with Gasteiger partial charge in [-0.2, -0.15) is 0 Å². The molecule has 0 radical (unpaired) electrons. The van der Waals surface area contributed by atoms with Crippen molar-refractivity contribution < 1.29 is 13.3 Å². The second-order valence-electron chi connectivity index (χ2n) is 3.57. The maximum atomic E-state index is 12.0. The number of hydroxylamine groups is 1. The van der Waals surface area contributed by atoms with Gasteiger partial charge < -0.3 is 5.73 Å². The molecule has 0 bridgehead atoms. The van der Waals surface area contributed by atoms with E-state index in [9.17, 15) is 8.42 Å². The SMILES string of the molecule is CON(C)S(=O)(=O)c1cc(C)cc(N)c1C. The largest absolute Gasteiger partial charge is 0.398 e. The van der Waals surface area contributed by atoms with Gasteiger partial charge in [0.2, 0.25) is 0 Å². The van der Waals surface area contributed by atoms with E-state index in [1.54, 1.807) is 26.0 Å². The standard InChI is InChI=1S/C10H16N2O3S/c1-7-5-9(11)8(2)10(6-7)16(13,14)12(3)15-4/h5-6H,11H2,1-4H3. The second-order valence-corrected chi connectivity index (χ2v) is 5.48. The highest BCUT2D eigenvalue weighted by atomic mass is 32.2. The van der Waals surface area contributed by atoms with Crippen LogP contribution < -0.4 is 5.73 Å². The van der Waals surface area contributed by atoms with Crippen LogP contribution >= 0.6 is 0 Å². The van der Waals surface area contributed by atoms with Crippen molar-refractivity contribution in [2.24, 2.45) is 0 Å². The zero-order chi connectivity index (χ0) is 12.5. The van der Waals surface area contributed by atoms with E-state index in [0.29, 0.717) is 11.3 Å². The summed E-state index contributed by atoms with van der Waals surface area (Å²) in [6, 6.07) is 3.32. The Morgan fingerprint density at radius 2 is 1.88 bits per heavy atom. The normalized spacial score (nSPS) is 12.1. The molecule has 0 aliphatic rings. The first-order valence-corrected chi connectivity index (χ1v) is 6.14. The Bertz CT molecular complexity index is 497. The molecule has 0 fully saturated rings. The number of nitrogens with two attached hydrogens (primary N) is 1. The zero-order valence-corrected chi connectivity index (χ0v) is 10.6. The molecule has 0 aliphatic heterocycles. The molecule has 0 saturated heterocycles. The van der Waals surface area contributed by atoms with Crippen LogP contribution in [0, 0.1) is 13.8 Å². The van der Waals surface area contributed by atoms with Crippen molar-refractivity contribution in [3.63, 3.8) is 0 Å². The molecule has 0 spiro atoms. The molecule has 1 rings (SSSR count). The van der Waals surface area contributed by atoms with Gasteiger partial charge in [0.05, 0.1) is 12.0 Å². The number of benzene rings is 1. The maximum absolute atomic E-state index is 12.0. The molecule has 0 aromatic heterocycles. The summed E-state index contributed by atoms with van der Waals surface area (Å²) < 4.78 is 24.9. The third kappa shape index (κ3) is 2.18. The molecular formula is C10H16N2O3S. The first-order chi connectivity index (χ1) is 7.30. The van der Waals surface area contributed by atoms with Gasteiger partial charge in [-0.1, -0.05) is 4.47 Å². The van der Waals surface area contributed by atoms with Crippen molar-refractivity contribution in [1.29, 1.82) is 0 Å². The number of aryl methyl sites for hydroxylation is 1. The van der Waals surface area contributed by atoms with Gasteiger partial charge in [-0.15, -0.1) is 0 Å². The van der Waals surface area contributed by atoms with Gasteiger partial charge in [-0.3, -0.25) is 4.84 Å². The van der Waals surface area contributed by atoms with Crippen molar-refractivity contribution in [3.05, 3.63) is 23.3 Å². The molecule has 2 N–H and O–H groups in total. The van der Waals surface area contributed by atoms with E-state index in [1.807, 2.05) is 0 Å². The minimum absolute atomic E-state index is 0.175. The van der Waals surface area contributed by atoms with E-state index >= 15 is 0 Å². The number of nitrogen functional groups attached to an aromatic ring is 1. The molecule has 0 amide bonds. The van der Waals surface area contributed by atoms with E-state index < -0.39 is 10.0 Å². The maximum Gasteiger partial charge on any atom is 0.265 e. The van der Waals surface area contributed by atoms with Crippen molar-refractivity contribution in [2.75, 3.05) is 19.9 Å². The van der Waals surface area contributed by atoms with Crippen molar-refractivity contribution in [3.8, 4) is 0 Å². The van der Waals surface area contributed by atoms with E-state index in [4.69, 9.17) is 10.6 Å². The molecule has 0 heterocycles. The minimum Gasteiger partial charge on any atom is -0.398 e. The molecule has 0 aliphatic carbocycles. The average molecular weight is 244 g/mol. The number of sulfonamides is 1. The summed E-state index contributed by atoms with van der Waals surface area (Å²) in [4.78, 5) is 4.88. The Kier molecular flexibility index (Phi) is 3.57. The molecule has 90 valence electrons. The molecule has 1 aromatic rings. The third-order valence-electron chi connectivity index (χ3n) is 2.42. The smallest absolute Gasteiger partial charge is 0.265 e. The summed E-state index contributed by atoms with van der Waals surface area (Å²) in [5.41, 5.74) is 7.53. The fraction of sp³-hybridized carbons (Fsp3) is 0.400. The van der Waals surface area contributed by atoms with Crippen LogP contribution in [0.5, 0.6) is 0 Å². The van der Waals surface area contributed by atoms with Crippen molar-refractivity contribution >= 4 is 15.7 Å². The van der Waals surface area contributed by atoms with Gasteiger partial charge in [0.15, 0.2) is 0 Å². The highest BCUT2D eigenvalue weighted by Crippen LogP contribution is 2.25. The fourth-order valence-corrected chi connectivity index (χ4v) is 2.67. The van der Waals surface area contributed by atoms with Crippen molar-refractivity contribution in [2.45, 2.75) is 18.7 Å². The van der Waals surface area contributed by atoms with Crippen LogP contribution in [0.1, 0.15) is 11.1 Å². The number of anilines is 1. The molecule has 1 aromatic carbocycles. The lowest BCUT2D eigenvalue weighted by Gasteiger charge is -2.17. The monoisotopic (exact) mass is 244 g/mol. The topological polar surface area (TPSA) is 72.6 Å². The summed E-state index contributed by atoms with van der Waals surface area (Å²) in [5.74, 6) is 0. The van der Waals surface area contributed by atoms with Crippen LogP contribution in [-0.2, 0) is 14.9 Å². The van der Waals surface area contributed by atoms with Crippen LogP contribution in [0.4, 0.5) is 5.69 Å². The van der Waals surface area contributed by atoms with Gasteiger partial charge in [0, 0.05) is 12.7 Å². The van der Waals surface area contributed by atoms with Crippen LogP contribution in [0.25, 0.3) is 0 Å². The highest BCUT2D eigenvalue weighted by Gasteiger charge is 2.24. The highest BCUT2D eigenvalue weighted by molar-refractivity contribution is 7.89. The molecule has 5 nitrogen and oxygen atoms in total. The first kappa shape index (κ1) is 13.0. The Morgan fingerprint density at radius 3 is 2.38 bits per heavy atom. The Morgan fingerprint density at radius 1 is 1.31 bits per heavy atom. The molecule has 16 heavy (non-hydrogen) atoms. The van der Waals surface area contributed by atoms with Crippen LogP contribution in [0.2, 0.25) is 0 Å². The van der Waals surface area contributed by atoms with E-state index in [0.717, 1.165) is 10.0 Å². The van der Waals surface area contributed by atoms with E-state index in [1.165, 1.54) is 14.2 Å². The molecular weight excluding hydrogens is 228 g/mol. The Hall–Kier alpha value is -1.11. The average Bonchev–Trinajstić information content (AvgIpc) is 2.21. The van der Waals surface area contributed by atoms with E-state index in [-0.39, 0.29) is 4.90 Å². The summed E-state index contributed by atoms with van der Waals surface area (Å²) in [6.07, 6.45) is 0.